The normalized spacial score (nSPS) is 13.1. The van der Waals surface area contributed by atoms with E-state index >= 15 is 0 Å². The number of aliphatic hydroxyl groups excluding tert-OH is 1. The lowest BCUT2D eigenvalue weighted by Gasteiger charge is -2.47. The predicted molar refractivity (Wildman–Crippen MR) is 164 cm³/mol. The van der Waals surface area contributed by atoms with Crippen LogP contribution in [0, 0.1) is 11.8 Å². The quantitative estimate of drug-likeness (QED) is 0.134. The van der Waals surface area contributed by atoms with Gasteiger partial charge in [-0.3, -0.25) is 9.80 Å². The minimum atomic E-state index is -1.32. The summed E-state index contributed by atoms with van der Waals surface area (Å²) in [5, 5.41) is 31.9. The first-order valence-electron chi connectivity index (χ1n) is 14.0. The first-order chi connectivity index (χ1) is 19.5. The number of benzene rings is 3. The van der Waals surface area contributed by atoms with Crippen molar-refractivity contribution in [2.45, 2.75) is 69.0 Å². The average Bonchev–Trinajstić information content (AvgIpc) is 2.94. The Morgan fingerprint density at radius 3 is 1.71 bits per heavy atom. The molecule has 3 aromatic carbocycles. The molecule has 2 amide bonds. The number of aliphatic hydroxyl groups is 1. The molecule has 0 saturated carbocycles. The fourth-order valence-corrected chi connectivity index (χ4v) is 6.67. The number of nitrogens with zero attached hydrogens (tertiary/aromatic N) is 2. The zero-order chi connectivity index (χ0) is 30.0. The van der Waals surface area contributed by atoms with Gasteiger partial charge in [0, 0.05) is 4.90 Å². The van der Waals surface area contributed by atoms with Gasteiger partial charge in [-0.05, 0) is 47.9 Å². The number of amides is 2. The SMILES string of the molecule is CC(C)CC(CC(C)C)(c1ccccc1)N(CC(O)C(Sc1ccccc1)N(Cc1ccccc1)C(=O)O)C(=O)O. The molecule has 0 bridgehead atoms. The van der Waals surface area contributed by atoms with Crippen molar-refractivity contribution in [3.63, 3.8) is 0 Å². The molecular weight excluding hydrogens is 536 g/mol. The van der Waals surface area contributed by atoms with E-state index in [9.17, 15) is 24.9 Å². The van der Waals surface area contributed by atoms with Gasteiger partial charge in [-0.15, -0.1) is 0 Å². The van der Waals surface area contributed by atoms with Crippen molar-refractivity contribution in [2.75, 3.05) is 6.54 Å². The molecule has 7 nitrogen and oxygen atoms in total. The van der Waals surface area contributed by atoms with Crippen LogP contribution in [0.4, 0.5) is 9.59 Å². The number of hydrogen-bond acceptors (Lipinski definition) is 4. The molecule has 2 unspecified atom stereocenters. The maximum atomic E-state index is 13.1. The lowest BCUT2D eigenvalue weighted by molar-refractivity contribution is -0.00158. The first kappa shape index (κ1) is 32.0. The average molecular weight is 579 g/mol. The minimum absolute atomic E-state index is 0.0482. The van der Waals surface area contributed by atoms with Gasteiger partial charge in [-0.25, -0.2) is 9.59 Å². The van der Waals surface area contributed by atoms with E-state index < -0.39 is 29.2 Å². The third-order valence-electron chi connectivity index (χ3n) is 7.00. The summed E-state index contributed by atoms with van der Waals surface area (Å²) in [5.74, 6) is 0.326. The smallest absolute Gasteiger partial charge is 0.408 e. The Balaban J connectivity index is 2.09. The highest BCUT2D eigenvalue weighted by Gasteiger charge is 2.45. The van der Waals surface area contributed by atoms with Crippen molar-refractivity contribution in [2.24, 2.45) is 11.8 Å². The number of rotatable bonds is 14. The Kier molecular flexibility index (Phi) is 11.7. The summed E-state index contributed by atoms with van der Waals surface area (Å²) in [6.07, 6.45) is -2.56. The Bertz CT molecular complexity index is 1210. The first-order valence-corrected chi connectivity index (χ1v) is 14.9. The molecule has 220 valence electrons. The fourth-order valence-electron chi connectivity index (χ4n) is 5.54. The summed E-state index contributed by atoms with van der Waals surface area (Å²) in [6.45, 7) is 8.05. The summed E-state index contributed by atoms with van der Waals surface area (Å²) in [6, 6.07) is 28.1. The topological polar surface area (TPSA) is 101 Å². The van der Waals surface area contributed by atoms with Crippen LogP contribution in [0.5, 0.6) is 0 Å². The second-order valence-electron chi connectivity index (χ2n) is 11.3. The molecule has 8 heteroatoms. The Hall–Kier alpha value is -3.49. The van der Waals surface area contributed by atoms with Crippen LogP contribution in [0.25, 0.3) is 0 Å². The molecule has 0 aliphatic rings. The standard InChI is InChI=1S/C33H42N2O5S/c1-24(2)20-33(21-25(3)4,27-16-10-6-11-17-27)35(32(39)40)23-29(36)30(41-28-18-12-7-13-19-28)34(31(37)38)22-26-14-8-5-9-15-26/h5-19,24-25,29-30,36H,20-23H2,1-4H3,(H,37,38)(H,39,40). The van der Waals surface area contributed by atoms with E-state index in [1.165, 1.54) is 21.6 Å². The third kappa shape index (κ3) is 8.75. The zero-order valence-electron chi connectivity index (χ0n) is 24.3. The molecule has 3 N–H and O–H groups in total. The number of carbonyl (C=O) groups is 2. The van der Waals surface area contributed by atoms with Gasteiger partial charge >= 0.3 is 12.2 Å². The van der Waals surface area contributed by atoms with Crippen molar-refractivity contribution in [1.82, 2.24) is 9.80 Å². The minimum Gasteiger partial charge on any atom is -0.465 e. The molecule has 2 atom stereocenters. The maximum Gasteiger partial charge on any atom is 0.408 e. The van der Waals surface area contributed by atoms with Gasteiger partial charge in [-0.1, -0.05) is 118 Å². The maximum absolute atomic E-state index is 13.1. The second kappa shape index (κ2) is 14.9. The zero-order valence-corrected chi connectivity index (χ0v) is 25.1. The van der Waals surface area contributed by atoms with E-state index in [1.54, 1.807) is 0 Å². The van der Waals surface area contributed by atoms with Gasteiger partial charge in [0.25, 0.3) is 0 Å². The second-order valence-corrected chi connectivity index (χ2v) is 12.5. The highest BCUT2D eigenvalue weighted by Crippen LogP contribution is 2.42. The molecule has 0 radical (unpaired) electrons. The van der Waals surface area contributed by atoms with E-state index in [0.29, 0.717) is 12.8 Å². The largest absolute Gasteiger partial charge is 0.465 e. The van der Waals surface area contributed by atoms with Gasteiger partial charge in [0.15, 0.2) is 0 Å². The van der Waals surface area contributed by atoms with E-state index in [-0.39, 0.29) is 24.9 Å². The summed E-state index contributed by atoms with van der Waals surface area (Å²) in [5.41, 5.74) is 0.726. The fraction of sp³-hybridized carbons (Fsp3) is 0.394. The number of thioether (sulfide) groups is 1. The summed E-state index contributed by atoms with van der Waals surface area (Å²) in [4.78, 5) is 29.0. The van der Waals surface area contributed by atoms with Crippen LogP contribution in [-0.4, -0.2) is 55.3 Å². The highest BCUT2D eigenvalue weighted by molar-refractivity contribution is 8.00. The van der Waals surface area contributed by atoms with Gasteiger partial charge in [-0.2, -0.15) is 0 Å². The highest BCUT2D eigenvalue weighted by atomic mass is 32.2. The summed E-state index contributed by atoms with van der Waals surface area (Å²) >= 11 is 1.22. The molecule has 0 heterocycles. The summed E-state index contributed by atoms with van der Waals surface area (Å²) < 4.78 is 0. The van der Waals surface area contributed by atoms with Crippen molar-refractivity contribution < 1.29 is 24.9 Å². The van der Waals surface area contributed by atoms with Crippen LogP contribution in [0.2, 0.25) is 0 Å². The molecule has 3 aromatic rings. The monoisotopic (exact) mass is 578 g/mol. The van der Waals surface area contributed by atoms with Crippen LogP contribution >= 0.6 is 11.8 Å². The number of hydrogen-bond donors (Lipinski definition) is 3. The van der Waals surface area contributed by atoms with E-state index in [1.807, 2.05) is 91.0 Å². The van der Waals surface area contributed by atoms with E-state index in [4.69, 9.17) is 0 Å². The molecule has 41 heavy (non-hydrogen) atoms. The van der Waals surface area contributed by atoms with Crippen molar-refractivity contribution in [1.29, 1.82) is 0 Å². The predicted octanol–water partition coefficient (Wildman–Crippen LogP) is 7.61. The van der Waals surface area contributed by atoms with Gasteiger partial charge in [0.1, 0.15) is 11.5 Å². The Labute approximate surface area is 247 Å². The molecule has 3 rings (SSSR count). The number of carboxylic acid groups (broad SMARTS) is 2. The molecule has 0 saturated heterocycles. The molecule has 0 fully saturated rings. The summed E-state index contributed by atoms with van der Waals surface area (Å²) in [7, 11) is 0. The van der Waals surface area contributed by atoms with E-state index in [0.717, 1.165) is 16.0 Å². The van der Waals surface area contributed by atoms with Crippen LogP contribution < -0.4 is 0 Å². The lowest BCUT2D eigenvalue weighted by Crippen LogP contribution is -2.56. The van der Waals surface area contributed by atoms with Gasteiger partial charge < -0.3 is 15.3 Å². The van der Waals surface area contributed by atoms with Crippen LogP contribution in [0.3, 0.4) is 0 Å². The van der Waals surface area contributed by atoms with Crippen LogP contribution in [0.1, 0.15) is 51.7 Å². The van der Waals surface area contributed by atoms with Crippen molar-refractivity contribution in [3.8, 4) is 0 Å². The van der Waals surface area contributed by atoms with Crippen molar-refractivity contribution in [3.05, 3.63) is 102 Å². The van der Waals surface area contributed by atoms with Gasteiger partial charge in [0.05, 0.1) is 18.6 Å². The molecular formula is C33H42N2O5S. The third-order valence-corrected chi connectivity index (χ3v) is 8.35. The Morgan fingerprint density at radius 2 is 1.24 bits per heavy atom. The Morgan fingerprint density at radius 1 is 0.756 bits per heavy atom. The van der Waals surface area contributed by atoms with Gasteiger partial charge in [0.2, 0.25) is 0 Å². The molecule has 0 aliphatic carbocycles. The van der Waals surface area contributed by atoms with Crippen LogP contribution in [-0.2, 0) is 12.1 Å². The lowest BCUT2D eigenvalue weighted by atomic mass is 9.75. The molecule has 0 aliphatic heterocycles. The van der Waals surface area contributed by atoms with Crippen LogP contribution in [0.15, 0.2) is 95.9 Å². The van der Waals surface area contributed by atoms with E-state index in [2.05, 4.69) is 27.7 Å². The van der Waals surface area contributed by atoms with Crippen molar-refractivity contribution >= 4 is 23.9 Å². The molecule has 0 spiro atoms. The molecule has 0 aromatic heterocycles.